The minimum atomic E-state index is -0.760. The van der Waals surface area contributed by atoms with E-state index in [1.54, 1.807) is 0 Å². The minimum absolute atomic E-state index is 0.198. The highest BCUT2D eigenvalue weighted by Crippen LogP contribution is 2.18. The van der Waals surface area contributed by atoms with Gasteiger partial charge in [0.25, 0.3) is 0 Å². The molecule has 0 radical (unpaired) electrons. The average molecular weight is 318 g/mol. The fourth-order valence-electron chi connectivity index (χ4n) is 1.27. The number of ketones is 1. The highest BCUT2D eigenvalue weighted by Gasteiger charge is 2.04. The number of esters is 3. The summed E-state index contributed by atoms with van der Waals surface area (Å²) in [5, 5.41) is 0. The molecule has 0 aliphatic carbocycles. The molecule has 0 amide bonds. The molecular weight excluding hydrogens is 304 g/mol. The summed E-state index contributed by atoms with van der Waals surface area (Å²) in [6, 6.07) is 5.63. The molecule has 0 aliphatic heterocycles. The van der Waals surface area contributed by atoms with Gasteiger partial charge in [-0.1, -0.05) is 0 Å². The van der Waals surface area contributed by atoms with Crippen molar-refractivity contribution in [1.29, 1.82) is 0 Å². The van der Waals surface area contributed by atoms with Gasteiger partial charge in [-0.3, -0.25) is 4.79 Å². The normalized spacial score (nSPS) is 10.5. The maximum Gasteiger partial charge on any atom is 0.336 e. The maximum atomic E-state index is 11.4. The SMILES string of the molecule is COC(=O)/C=C/C(=O)Oc1ccc(OC(=O)/C=C\C(C)=O)cc1. The smallest absolute Gasteiger partial charge is 0.336 e. The first kappa shape index (κ1) is 17.8. The van der Waals surface area contributed by atoms with Crippen LogP contribution in [0.3, 0.4) is 0 Å². The Labute approximate surface area is 132 Å². The number of methoxy groups -OCH3 is 1. The average Bonchev–Trinajstić information content (AvgIpc) is 2.52. The molecule has 120 valence electrons. The maximum absolute atomic E-state index is 11.4. The molecule has 1 aromatic carbocycles. The molecule has 0 N–H and O–H groups in total. The van der Waals surface area contributed by atoms with Gasteiger partial charge in [0.15, 0.2) is 5.78 Å². The van der Waals surface area contributed by atoms with E-state index in [1.807, 2.05) is 0 Å². The fraction of sp³-hybridized carbons (Fsp3) is 0.125. The number of allylic oxidation sites excluding steroid dienone is 1. The quantitative estimate of drug-likeness (QED) is 0.444. The molecule has 0 fully saturated rings. The van der Waals surface area contributed by atoms with Crippen LogP contribution in [0.5, 0.6) is 11.5 Å². The molecule has 23 heavy (non-hydrogen) atoms. The number of carbonyl (C=O) groups excluding carboxylic acids is 4. The van der Waals surface area contributed by atoms with Gasteiger partial charge in [0.05, 0.1) is 7.11 Å². The number of hydrogen-bond acceptors (Lipinski definition) is 7. The molecule has 0 bridgehead atoms. The summed E-state index contributed by atoms with van der Waals surface area (Å²) < 4.78 is 14.2. The second kappa shape index (κ2) is 8.93. The van der Waals surface area contributed by atoms with Gasteiger partial charge in [-0.25, -0.2) is 14.4 Å². The Morgan fingerprint density at radius 1 is 0.739 bits per heavy atom. The second-order valence-electron chi connectivity index (χ2n) is 4.11. The Morgan fingerprint density at radius 2 is 1.13 bits per heavy atom. The molecular formula is C16H14O7. The lowest BCUT2D eigenvalue weighted by molar-refractivity contribution is -0.135. The monoisotopic (exact) mass is 318 g/mol. The molecule has 0 saturated heterocycles. The Kier molecular flexibility index (Phi) is 6.93. The molecule has 7 nitrogen and oxygen atoms in total. The van der Waals surface area contributed by atoms with Crippen LogP contribution in [0, 0.1) is 0 Å². The van der Waals surface area contributed by atoms with Crippen molar-refractivity contribution in [2.45, 2.75) is 6.92 Å². The molecule has 0 aliphatic rings. The van der Waals surface area contributed by atoms with Crippen LogP contribution in [-0.2, 0) is 23.9 Å². The molecule has 0 spiro atoms. The zero-order valence-electron chi connectivity index (χ0n) is 12.5. The first-order valence-electron chi connectivity index (χ1n) is 6.39. The fourth-order valence-corrected chi connectivity index (χ4v) is 1.27. The Bertz CT molecular complexity index is 654. The highest BCUT2D eigenvalue weighted by atomic mass is 16.5. The third-order valence-corrected chi connectivity index (χ3v) is 2.27. The zero-order valence-corrected chi connectivity index (χ0v) is 12.5. The summed E-state index contributed by atoms with van der Waals surface area (Å²) in [6.07, 6.45) is 3.95. The third-order valence-electron chi connectivity index (χ3n) is 2.27. The second-order valence-corrected chi connectivity index (χ2v) is 4.11. The highest BCUT2D eigenvalue weighted by molar-refractivity contribution is 5.95. The van der Waals surface area contributed by atoms with Crippen LogP contribution in [0.2, 0.25) is 0 Å². The van der Waals surface area contributed by atoms with Gasteiger partial charge in [-0.2, -0.15) is 0 Å². The van der Waals surface area contributed by atoms with Gasteiger partial charge in [-0.05, 0) is 37.3 Å². The summed E-state index contributed by atoms with van der Waals surface area (Å²) in [6.45, 7) is 1.31. The van der Waals surface area contributed by atoms with E-state index in [9.17, 15) is 19.2 Å². The Morgan fingerprint density at radius 3 is 1.52 bits per heavy atom. The van der Waals surface area contributed by atoms with Crippen LogP contribution in [0.25, 0.3) is 0 Å². The van der Waals surface area contributed by atoms with Crippen LogP contribution >= 0.6 is 0 Å². The van der Waals surface area contributed by atoms with Crippen LogP contribution < -0.4 is 9.47 Å². The van der Waals surface area contributed by atoms with Crippen molar-refractivity contribution in [3.05, 3.63) is 48.6 Å². The van der Waals surface area contributed by atoms with Crippen molar-refractivity contribution in [2.24, 2.45) is 0 Å². The molecule has 7 heteroatoms. The summed E-state index contributed by atoms with van der Waals surface area (Å²) in [5.41, 5.74) is 0. The Hall–Kier alpha value is -3.22. The van der Waals surface area contributed by atoms with Crippen LogP contribution in [-0.4, -0.2) is 30.8 Å². The van der Waals surface area contributed by atoms with E-state index >= 15 is 0 Å². The van der Waals surface area contributed by atoms with Gasteiger partial charge >= 0.3 is 17.9 Å². The number of hydrogen-bond donors (Lipinski definition) is 0. The predicted molar refractivity (Wildman–Crippen MR) is 78.7 cm³/mol. The van der Waals surface area contributed by atoms with Crippen LogP contribution in [0.4, 0.5) is 0 Å². The lowest BCUT2D eigenvalue weighted by Crippen LogP contribution is -2.06. The molecule has 0 aromatic heterocycles. The summed E-state index contributed by atoms with van der Waals surface area (Å²) >= 11 is 0. The van der Waals surface area contributed by atoms with Crippen molar-refractivity contribution in [2.75, 3.05) is 7.11 Å². The number of ether oxygens (including phenoxy) is 3. The third kappa shape index (κ3) is 7.37. The number of benzene rings is 1. The molecule has 0 unspecified atom stereocenters. The van der Waals surface area contributed by atoms with E-state index < -0.39 is 17.9 Å². The molecule has 0 atom stereocenters. The van der Waals surface area contributed by atoms with Gasteiger partial charge in [0, 0.05) is 18.2 Å². The lowest BCUT2D eigenvalue weighted by Gasteiger charge is -2.04. The van der Waals surface area contributed by atoms with E-state index in [1.165, 1.54) is 38.3 Å². The van der Waals surface area contributed by atoms with Gasteiger partial charge in [0.2, 0.25) is 0 Å². The standard InChI is InChI=1S/C16H14O7/c1-11(17)3-8-15(19)22-12-4-6-13(7-5-12)23-16(20)10-9-14(18)21-2/h3-10H,1-2H3/b8-3-,10-9+. The van der Waals surface area contributed by atoms with E-state index in [0.29, 0.717) is 0 Å². The van der Waals surface area contributed by atoms with Crippen LogP contribution in [0.1, 0.15) is 6.92 Å². The van der Waals surface area contributed by atoms with Crippen LogP contribution in [0.15, 0.2) is 48.6 Å². The minimum Gasteiger partial charge on any atom is -0.466 e. The van der Waals surface area contributed by atoms with E-state index in [4.69, 9.17) is 9.47 Å². The summed E-state index contributed by atoms with van der Waals surface area (Å²) in [5.74, 6) is -2.00. The van der Waals surface area contributed by atoms with E-state index in [-0.39, 0.29) is 17.3 Å². The first-order chi connectivity index (χ1) is 10.9. The van der Waals surface area contributed by atoms with Crippen molar-refractivity contribution in [3.8, 4) is 11.5 Å². The zero-order chi connectivity index (χ0) is 17.2. The number of rotatable bonds is 6. The van der Waals surface area contributed by atoms with Gasteiger partial charge in [-0.15, -0.1) is 0 Å². The number of carbonyl (C=O) groups is 4. The lowest BCUT2D eigenvalue weighted by atomic mass is 10.3. The predicted octanol–water partition coefficient (Wildman–Crippen LogP) is 1.37. The molecule has 0 saturated carbocycles. The van der Waals surface area contributed by atoms with E-state index in [2.05, 4.69) is 4.74 Å². The Balaban J connectivity index is 2.58. The first-order valence-corrected chi connectivity index (χ1v) is 6.39. The summed E-state index contributed by atoms with van der Waals surface area (Å²) in [7, 11) is 1.18. The van der Waals surface area contributed by atoms with E-state index in [0.717, 1.165) is 24.3 Å². The summed E-state index contributed by atoms with van der Waals surface area (Å²) in [4.78, 5) is 44.3. The van der Waals surface area contributed by atoms with Crippen molar-refractivity contribution < 1.29 is 33.4 Å². The molecule has 1 rings (SSSR count). The van der Waals surface area contributed by atoms with Gasteiger partial charge < -0.3 is 14.2 Å². The van der Waals surface area contributed by atoms with Gasteiger partial charge in [0.1, 0.15) is 11.5 Å². The van der Waals surface area contributed by atoms with Crippen molar-refractivity contribution in [1.82, 2.24) is 0 Å². The van der Waals surface area contributed by atoms with Crippen molar-refractivity contribution in [3.63, 3.8) is 0 Å². The largest absolute Gasteiger partial charge is 0.466 e. The molecule has 0 heterocycles. The van der Waals surface area contributed by atoms with Crippen molar-refractivity contribution >= 4 is 23.7 Å². The molecule has 1 aromatic rings. The topological polar surface area (TPSA) is 96.0 Å².